The number of hydrogen-bond donors (Lipinski definition) is 2. The molecule has 0 atom stereocenters. The van der Waals surface area contributed by atoms with E-state index in [2.05, 4.69) is 5.32 Å². The van der Waals surface area contributed by atoms with Crippen molar-refractivity contribution >= 4 is 34.3 Å². The van der Waals surface area contributed by atoms with Gasteiger partial charge in [-0.1, -0.05) is 36.4 Å². The molecule has 1 amide bonds. The highest BCUT2D eigenvalue weighted by Crippen LogP contribution is 2.31. The fourth-order valence-corrected chi connectivity index (χ4v) is 2.59. The summed E-state index contributed by atoms with van der Waals surface area (Å²) in [6.45, 7) is 0. The number of phenolic OH excluding ortho intramolecular Hbond substituents is 1. The monoisotopic (exact) mass is 336 g/mol. The number of aldehydes is 1. The summed E-state index contributed by atoms with van der Waals surface area (Å²) in [5, 5.41) is 24.8. The van der Waals surface area contributed by atoms with Gasteiger partial charge in [-0.15, -0.1) is 0 Å². The van der Waals surface area contributed by atoms with E-state index in [0.717, 1.165) is 0 Å². The third-order valence-electron chi connectivity index (χ3n) is 3.77. The smallest absolute Gasteiger partial charge is 0.292 e. The lowest BCUT2D eigenvalue weighted by Gasteiger charge is -2.11. The van der Waals surface area contributed by atoms with Gasteiger partial charge in [0.25, 0.3) is 11.6 Å². The largest absolute Gasteiger partial charge is 0.506 e. The molecule has 0 aliphatic heterocycles. The van der Waals surface area contributed by atoms with Gasteiger partial charge in [0.05, 0.1) is 16.1 Å². The van der Waals surface area contributed by atoms with E-state index in [0.29, 0.717) is 17.1 Å². The van der Waals surface area contributed by atoms with Gasteiger partial charge in [0.2, 0.25) is 0 Å². The first-order valence-electron chi connectivity index (χ1n) is 7.27. The van der Waals surface area contributed by atoms with E-state index in [4.69, 9.17) is 0 Å². The second-order valence-electron chi connectivity index (χ2n) is 5.25. The molecule has 0 saturated carbocycles. The number of fused-ring (bicyclic) bond motifs is 1. The zero-order chi connectivity index (χ0) is 18.0. The van der Waals surface area contributed by atoms with Crippen LogP contribution in [0.1, 0.15) is 20.7 Å². The number of rotatable bonds is 4. The number of hydrogen-bond acceptors (Lipinski definition) is 5. The third-order valence-corrected chi connectivity index (χ3v) is 3.77. The molecule has 7 nitrogen and oxygen atoms in total. The van der Waals surface area contributed by atoms with Crippen molar-refractivity contribution in [3.05, 3.63) is 75.8 Å². The maximum Gasteiger partial charge on any atom is 0.292 e. The number of nitro benzene ring substituents is 1. The third kappa shape index (κ3) is 2.90. The molecular weight excluding hydrogens is 324 g/mol. The van der Waals surface area contributed by atoms with Crippen LogP contribution in [-0.2, 0) is 0 Å². The van der Waals surface area contributed by atoms with Gasteiger partial charge in [0.15, 0.2) is 6.29 Å². The van der Waals surface area contributed by atoms with Crippen molar-refractivity contribution in [1.29, 1.82) is 0 Å². The van der Waals surface area contributed by atoms with Crippen LogP contribution >= 0.6 is 0 Å². The Bertz CT molecular complexity index is 1010. The number of phenols is 1. The quantitative estimate of drug-likeness (QED) is 0.430. The Kier molecular flexibility index (Phi) is 4.13. The average molecular weight is 336 g/mol. The normalized spacial score (nSPS) is 10.4. The predicted molar refractivity (Wildman–Crippen MR) is 92.0 cm³/mol. The molecule has 3 aromatic rings. The summed E-state index contributed by atoms with van der Waals surface area (Å²) in [6, 6.07) is 13.9. The number of nitrogens with one attached hydrogen (secondary N) is 1. The fraction of sp³-hybridized carbons (Fsp3) is 0. The van der Waals surface area contributed by atoms with Gasteiger partial charge in [0, 0.05) is 6.07 Å². The Morgan fingerprint density at radius 2 is 1.80 bits per heavy atom. The lowest BCUT2D eigenvalue weighted by atomic mass is 9.99. The molecule has 0 aliphatic carbocycles. The number of nitrogens with zero attached hydrogens (tertiary/aromatic N) is 1. The van der Waals surface area contributed by atoms with Crippen molar-refractivity contribution in [3.8, 4) is 5.75 Å². The minimum Gasteiger partial charge on any atom is -0.506 e. The van der Waals surface area contributed by atoms with E-state index in [1.165, 1.54) is 24.3 Å². The van der Waals surface area contributed by atoms with Crippen molar-refractivity contribution in [2.45, 2.75) is 0 Å². The molecule has 0 bridgehead atoms. The molecule has 0 aromatic heterocycles. The highest BCUT2D eigenvalue weighted by Gasteiger charge is 2.20. The molecule has 3 aromatic carbocycles. The van der Waals surface area contributed by atoms with Crippen molar-refractivity contribution in [2.24, 2.45) is 0 Å². The molecule has 0 heterocycles. The topological polar surface area (TPSA) is 110 Å². The number of aromatic hydroxyl groups is 1. The van der Waals surface area contributed by atoms with E-state index >= 15 is 0 Å². The van der Waals surface area contributed by atoms with Crippen LogP contribution in [0, 0.1) is 10.1 Å². The van der Waals surface area contributed by atoms with Gasteiger partial charge in [-0.2, -0.15) is 0 Å². The van der Waals surface area contributed by atoms with E-state index in [-0.39, 0.29) is 22.5 Å². The summed E-state index contributed by atoms with van der Waals surface area (Å²) in [5.74, 6) is -1.22. The number of carbonyl (C=O) groups excluding carboxylic acids is 2. The van der Waals surface area contributed by atoms with E-state index in [1.54, 1.807) is 30.3 Å². The maximum absolute atomic E-state index is 12.5. The number of amides is 1. The van der Waals surface area contributed by atoms with Crippen LogP contribution in [0.2, 0.25) is 0 Å². The fourth-order valence-electron chi connectivity index (χ4n) is 2.59. The van der Waals surface area contributed by atoms with Crippen molar-refractivity contribution in [1.82, 2.24) is 0 Å². The van der Waals surface area contributed by atoms with Crippen molar-refractivity contribution in [3.63, 3.8) is 0 Å². The SMILES string of the molecule is O=Cc1c(O)c(C(=O)Nc2ccccc2[N+](=O)[O-])cc2ccccc12. The first-order chi connectivity index (χ1) is 12.0. The zero-order valence-electron chi connectivity index (χ0n) is 12.8. The molecule has 0 fully saturated rings. The molecule has 124 valence electrons. The van der Waals surface area contributed by atoms with Crippen LogP contribution in [0.25, 0.3) is 10.8 Å². The number of anilines is 1. The molecule has 0 saturated heterocycles. The van der Waals surface area contributed by atoms with Gasteiger partial charge in [-0.05, 0) is 22.9 Å². The van der Waals surface area contributed by atoms with Crippen molar-refractivity contribution < 1.29 is 19.6 Å². The molecule has 25 heavy (non-hydrogen) atoms. The Morgan fingerprint density at radius 1 is 1.12 bits per heavy atom. The molecule has 2 N–H and O–H groups in total. The van der Waals surface area contributed by atoms with Gasteiger partial charge in [-0.25, -0.2) is 0 Å². The zero-order valence-corrected chi connectivity index (χ0v) is 12.8. The van der Waals surface area contributed by atoms with Gasteiger partial charge < -0.3 is 10.4 Å². The van der Waals surface area contributed by atoms with Crippen LogP contribution in [-0.4, -0.2) is 22.2 Å². The Balaban J connectivity index is 2.08. The standard InChI is InChI=1S/C18H12N2O5/c21-10-14-12-6-2-1-5-11(12)9-13(17(14)22)18(23)19-15-7-3-4-8-16(15)20(24)25/h1-10,22H,(H,19,23). The van der Waals surface area contributed by atoms with Gasteiger partial charge in [0.1, 0.15) is 11.4 Å². The highest BCUT2D eigenvalue weighted by atomic mass is 16.6. The summed E-state index contributed by atoms with van der Waals surface area (Å²) in [6.07, 6.45) is 0.472. The Morgan fingerprint density at radius 3 is 2.52 bits per heavy atom. The molecule has 0 aliphatic rings. The van der Waals surface area contributed by atoms with E-state index in [9.17, 15) is 24.8 Å². The van der Waals surface area contributed by atoms with Crippen LogP contribution in [0.5, 0.6) is 5.75 Å². The summed E-state index contributed by atoms with van der Waals surface area (Å²) in [5.41, 5.74) is -0.422. The molecule has 0 spiro atoms. The Hall–Kier alpha value is -3.74. The second-order valence-corrected chi connectivity index (χ2v) is 5.25. The van der Waals surface area contributed by atoms with Crippen LogP contribution < -0.4 is 5.32 Å². The summed E-state index contributed by atoms with van der Waals surface area (Å²) < 4.78 is 0. The average Bonchev–Trinajstić information content (AvgIpc) is 2.61. The molecule has 7 heteroatoms. The minimum atomic E-state index is -0.749. The van der Waals surface area contributed by atoms with Gasteiger partial charge in [-0.3, -0.25) is 19.7 Å². The second kappa shape index (κ2) is 6.40. The predicted octanol–water partition coefficient (Wildman–Crippen LogP) is 3.52. The summed E-state index contributed by atoms with van der Waals surface area (Å²) in [4.78, 5) is 34.3. The molecular formula is C18H12N2O5. The Labute approximate surface area is 141 Å². The van der Waals surface area contributed by atoms with Crippen LogP contribution in [0.3, 0.4) is 0 Å². The van der Waals surface area contributed by atoms with Gasteiger partial charge >= 0.3 is 0 Å². The first-order valence-corrected chi connectivity index (χ1v) is 7.27. The van der Waals surface area contributed by atoms with Crippen LogP contribution in [0.15, 0.2) is 54.6 Å². The number of carbonyl (C=O) groups is 2. The lowest BCUT2D eigenvalue weighted by molar-refractivity contribution is -0.383. The lowest BCUT2D eigenvalue weighted by Crippen LogP contribution is -2.14. The minimum absolute atomic E-state index is 0.00212. The van der Waals surface area contributed by atoms with Crippen LogP contribution in [0.4, 0.5) is 11.4 Å². The highest BCUT2D eigenvalue weighted by molar-refractivity contribution is 6.13. The number of para-hydroxylation sites is 2. The first kappa shape index (κ1) is 16.1. The van der Waals surface area contributed by atoms with E-state index in [1.807, 2.05) is 0 Å². The number of benzene rings is 3. The van der Waals surface area contributed by atoms with E-state index < -0.39 is 16.6 Å². The maximum atomic E-state index is 12.5. The molecule has 3 rings (SSSR count). The summed E-state index contributed by atoms with van der Waals surface area (Å²) in [7, 11) is 0. The summed E-state index contributed by atoms with van der Waals surface area (Å²) >= 11 is 0. The number of nitro groups is 1. The van der Waals surface area contributed by atoms with Crippen molar-refractivity contribution in [2.75, 3.05) is 5.32 Å². The molecule has 0 unspecified atom stereocenters. The molecule has 0 radical (unpaired) electrons.